The van der Waals surface area contributed by atoms with Gasteiger partial charge in [0, 0.05) is 18.7 Å². The fourth-order valence-corrected chi connectivity index (χ4v) is 5.38. The van der Waals surface area contributed by atoms with Gasteiger partial charge >= 0.3 is 0 Å². The zero-order chi connectivity index (χ0) is 16.6. The van der Waals surface area contributed by atoms with Crippen LogP contribution in [0.4, 0.5) is 0 Å². The molecular formula is C18H20N2O3S. The summed E-state index contributed by atoms with van der Waals surface area (Å²) >= 11 is 0. The molecule has 1 fully saturated rings. The first-order valence-corrected chi connectivity index (χ1v) is 9.78. The molecule has 0 N–H and O–H groups in total. The summed E-state index contributed by atoms with van der Waals surface area (Å²) in [4.78, 5) is 4.73. The molecule has 2 aliphatic rings. The lowest BCUT2D eigenvalue weighted by Crippen LogP contribution is -2.42. The van der Waals surface area contributed by atoms with Crippen LogP contribution in [-0.2, 0) is 21.2 Å². The molecule has 24 heavy (non-hydrogen) atoms. The molecule has 6 heteroatoms. The zero-order valence-corrected chi connectivity index (χ0v) is 14.2. The molecule has 0 bridgehead atoms. The van der Waals surface area contributed by atoms with Crippen LogP contribution < -0.4 is 0 Å². The average Bonchev–Trinajstić information content (AvgIpc) is 3.07. The molecule has 1 saturated heterocycles. The monoisotopic (exact) mass is 344 g/mol. The summed E-state index contributed by atoms with van der Waals surface area (Å²) in [7, 11) is -3.38. The van der Waals surface area contributed by atoms with E-state index in [-0.39, 0.29) is 0 Å². The topological polar surface area (TPSA) is 59.5 Å². The van der Waals surface area contributed by atoms with Gasteiger partial charge in [-0.25, -0.2) is 8.42 Å². The van der Waals surface area contributed by atoms with Gasteiger partial charge in [0.05, 0.1) is 24.6 Å². The van der Waals surface area contributed by atoms with E-state index in [4.69, 9.17) is 9.72 Å². The maximum absolute atomic E-state index is 13.0. The molecule has 0 amide bonds. The molecule has 0 saturated carbocycles. The van der Waals surface area contributed by atoms with Crippen LogP contribution in [0.15, 0.2) is 42.5 Å². The van der Waals surface area contributed by atoms with Crippen molar-refractivity contribution in [1.82, 2.24) is 9.29 Å². The molecule has 4 rings (SSSR count). The van der Waals surface area contributed by atoms with Crippen molar-refractivity contribution in [2.45, 2.75) is 18.1 Å². The summed E-state index contributed by atoms with van der Waals surface area (Å²) in [6.45, 7) is 1.81. The van der Waals surface area contributed by atoms with Gasteiger partial charge in [-0.3, -0.25) is 4.98 Å². The number of aryl methyl sites for hydroxylation is 1. The highest BCUT2D eigenvalue weighted by Gasteiger charge is 2.39. The number of fused-ring (bicyclic) bond motifs is 1. The number of pyridine rings is 1. The summed E-state index contributed by atoms with van der Waals surface area (Å²) in [5, 5.41) is -0.533. The lowest BCUT2D eigenvalue weighted by Gasteiger charge is -2.28. The highest BCUT2D eigenvalue weighted by Crippen LogP contribution is 2.38. The van der Waals surface area contributed by atoms with E-state index in [0.717, 1.165) is 28.9 Å². The summed E-state index contributed by atoms with van der Waals surface area (Å²) in [6.07, 6.45) is 1.38. The Hall–Kier alpha value is -1.76. The second-order valence-electron chi connectivity index (χ2n) is 6.19. The minimum absolute atomic E-state index is 0.437. The molecule has 2 aromatic rings. The number of sulfonamides is 1. The molecular weight excluding hydrogens is 324 g/mol. The smallest absolute Gasteiger partial charge is 0.222 e. The number of hydrogen-bond acceptors (Lipinski definition) is 4. The van der Waals surface area contributed by atoms with Crippen LogP contribution in [-0.4, -0.2) is 44.0 Å². The Morgan fingerprint density at radius 3 is 2.54 bits per heavy atom. The molecule has 5 nitrogen and oxygen atoms in total. The molecule has 1 atom stereocenters. The molecule has 2 heterocycles. The van der Waals surface area contributed by atoms with Gasteiger partial charge < -0.3 is 4.74 Å². The van der Waals surface area contributed by atoms with Gasteiger partial charge in [0.2, 0.25) is 10.0 Å². The van der Waals surface area contributed by atoms with Crippen LogP contribution in [0, 0.1) is 0 Å². The van der Waals surface area contributed by atoms with Gasteiger partial charge in [0.1, 0.15) is 5.25 Å². The van der Waals surface area contributed by atoms with E-state index < -0.39 is 15.3 Å². The number of nitrogens with zero attached hydrogens (tertiary/aromatic N) is 2. The predicted molar refractivity (Wildman–Crippen MR) is 92.0 cm³/mol. The Bertz CT molecular complexity index is 831. The SMILES string of the molecule is O=S(=O)(C1CCc2ccc(-c3ccccc3)nc21)N1CCOCC1. The molecule has 0 spiro atoms. The van der Waals surface area contributed by atoms with Crippen molar-refractivity contribution in [3.63, 3.8) is 0 Å². The lowest BCUT2D eigenvalue weighted by atomic mass is 10.1. The quantitative estimate of drug-likeness (QED) is 0.858. The second-order valence-corrected chi connectivity index (χ2v) is 8.31. The number of rotatable bonds is 3. The summed E-state index contributed by atoms with van der Waals surface area (Å²) < 4.78 is 32.9. The highest BCUT2D eigenvalue weighted by atomic mass is 32.2. The van der Waals surface area contributed by atoms with E-state index in [2.05, 4.69) is 0 Å². The Balaban J connectivity index is 1.70. The first-order chi connectivity index (χ1) is 11.7. The van der Waals surface area contributed by atoms with Gasteiger partial charge in [-0.1, -0.05) is 36.4 Å². The number of ether oxygens (including phenoxy) is 1. The Morgan fingerprint density at radius 2 is 1.79 bits per heavy atom. The Morgan fingerprint density at radius 1 is 1.04 bits per heavy atom. The number of hydrogen-bond donors (Lipinski definition) is 0. The largest absolute Gasteiger partial charge is 0.379 e. The third kappa shape index (κ3) is 2.75. The van der Waals surface area contributed by atoms with E-state index >= 15 is 0 Å². The first-order valence-electron chi connectivity index (χ1n) is 8.28. The van der Waals surface area contributed by atoms with Crippen molar-refractivity contribution in [3.05, 3.63) is 53.7 Å². The third-order valence-electron chi connectivity index (χ3n) is 4.75. The van der Waals surface area contributed by atoms with E-state index in [1.54, 1.807) is 4.31 Å². The van der Waals surface area contributed by atoms with Crippen molar-refractivity contribution >= 4 is 10.0 Å². The summed E-state index contributed by atoms with van der Waals surface area (Å²) in [5.41, 5.74) is 3.62. The first kappa shape index (κ1) is 15.7. The van der Waals surface area contributed by atoms with Crippen molar-refractivity contribution in [3.8, 4) is 11.3 Å². The van der Waals surface area contributed by atoms with E-state index in [1.165, 1.54) is 0 Å². The van der Waals surface area contributed by atoms with Crippen molar-refractivity contribution < 1.29 is 13.2 Å². The maximum Gasteiger partial charge on any atom is 0.222 e. The van der Waals surface area contributed by atoms with Gasteiger partial charge in [0.15, 0.2) is 0 Å². The van der Waals surface area contributed by atoms with Gasteiger partial charge in [-0.15, -0.1) is 0 Å². The van der Waals surface area contributed by atoms with Crippen LogP contribution >= 0.6 is 0 Å². The second kappa shape index (κ2) is 6.27. The van der Waals surface area contributed by atoms with E-state index in [0.29, 0.717) is 32.7 Å². The highest BCUT2D eigenvalue weighted by molar-refractivity contribution is 7.89. The van der Waals surface area contributed by atoms with Crippen LogP contribution in [0.25, 0.3) is 11.3 Å². The fourth-order valence-electron chi connectivity index (χ4n) is 3.46. The number of aromatic nitrogens is 1. The summed E-state index contributed by atoms with van der Waals surface area (Å²) in [6, 6.07) is 13.9. The van der Waals surface area contributed by atoms with Crippen molar-refractivity contribution in [1.29, 1.82) is 0 Å². The molecule has 1 aromatic carbocycles. The van der Waals surface area contributed by atoms with Crippen LogP contribution in [0.2, 0.25) is 0 Å². The van der Waals surface area contributed by atoms with Crippen LogP contribution in [0.1, 0.15) is 22.9 Å². The standard InChI is InChI=1S/C18H20N2O3S/c21-24(22,20-10-12-23-13-11-20)17-9-7-15-6-8-16(19-18(15)17)14-4-2-1-3-5-14/h1-6,8,17H,7,9-13H2. The maximum atomic E-state index is 13.0. The van der Waals surface area contributed by atoms with E-state index in [1.807, 2.05) is 42.5 Å². The third-order valence-corrected chi connectivity index (χ3v) is 7.02. The molecule has 0 radical (unpaired) electrons. The van der Waals surface area contributed by atoms with Gasteiger partial charge in [-0.2, -0.15) is 4.31 Å². The minimum atomic E-state index is -3.38. The number of morpholine rings is 1. The zero-order valence-electron chi connectivity index (χ0n) is 13.4. The Labute approximate surface area is 142 Å². The molecule has 1 unspecified atom stereocenters. The van der Waals surface area contributed by atoms with Gasteiger partial charge in [-0.05, 0) is 24.5 Å². The van der Waals surface area contributed by atoms with E-state index in [9.17, 15) is 8.42 Å². The molecule has 1 aromatic heterocycles. The van der Waals surface area contributed by atoms with Crippen molar-refractivity contribution in [2.75, 3.05) is 26.3 Å². The molecule has 1 aliphatic carbocycles. The molecule has 1 aliphatic heterocycles. The normalized spacial score (nSPS) is 21.6. The summed E-state index contributed by atoms with van der Waals surface area (Å²) in [5.74, 6) is 0. The molecule has 126 valence electrons. The van der Waals surface area contributed by atoms with Crippen molar-refractivity contribution in [2.24, 2.45) is 0 Å². The predicted octanol–water partition coefficient (Wildman–Crippen LogP) is 2.40. The average molecular weight is 344 g/mol. The van der Waals surface area contributed by atoms with Gasteiger partial charge in [0.25, 0.3) is 0 Å². The minimum Gasteiger partial charge on any atom is -0.379 e. The fraction of sp³-hybridized carbons (Fsp3) is 0.389. The Kier molecular flexibility index (Phi) is 4.12. The van der Waals surface area contributed by atoms with Crippen LogP contribution in [0.5, 0.6) is 0 Å². The number of benzene rings is 1. The lowest BCUT2D eigenvalue weighted by molar-refractivity contribution is 0.0725. The van der Waals surface area contributed by atoms with Crippen LogP contribution in [0.3, 0.4) is 0 Å².